The molecule has 0 saturated carbocycles. The van der Waals surface area contributed by atoms with Crippen molar-refractivity contribution in [3.8, 4) is 11.5 Å². The number of fused-ring (bicyclic) bond motifs is 1. The van der Waals surface area contributed by atoms with E-state index in [2.05, 4.69) is 5.32 Å². The number of carbonyl (C=O) groups excluding carboxylic acids is 2. The normalized spacial score (nSPS) is 14.7. The molecule has 2 amide bonds. The van der Waals surface area contributed by atoms with Crippen molar-refractivity contribution in [3.05, 3.63) is 29.5 Å². The molecule has 0 aliphatic carbocycles. The van der Waals surface area contributed by atoms with Crippen LogP contribution in [0.5, 0.6) is 11.5 Å². The zero-order chi connectivity index (χ0) is 17.7. The third-order valence-corrected chi connectivity index (χ3v) is 3.74. The summed E-state index contributed by atoms with van der Waals surface area (Å²) >= 11 is 0. The van der Waals surface area contributed by atoms with E-state index in [1.54, 1.807) is 38.4 Å². The monoisotopic (exact) mass is 334 g/mol. The molecular weight excluding hydrogens is 312 g/mol. The molecule has 130 valence electrons. The highest BCUT2D eigenvalue weighted by Crippen LogP contribution is 2.32. The predicted octanol–water partition coefficient (Wildman–Crippen LogP) is 0.556. The average molecular weight is 334 g/mol. The summed E-state index contributed by atoms with van der Waals surface area (Å²) in [6.45, 7) is 1.44. The van der Waals surface area contributed by atoms with Crippen LogP contribution in [0.15, 0.2) is 18.3 Å². The lowest BCUT2D eigenvalue weighted by molar-refractivity contribution is -0.133. The maximum Gasteiger partial charge on any atom is 0.240 e. The Bertz CT molecular complexity index is 657. The topological polar surface area (TPSA) is 88.1 Å². The second kappa shape index (κ2) is 7.83. The minimum Gasteiger partial charge on any atom is -0.493 e. The van der Waals surface area contributed by atoms with Gasteiger partial charge in [-0.15, -0.1) is 0 Å². The molecule has 2 rings (SSSR count). The smallest absolute Gasteiger partial charge is 0.240 e. The molecule has 7 heteroatoms. The summed E-state index contributed by atoms with van der Waals surface area (Å²) in [6.07, 6.45) is 3.51. The van der Waals surface area contributed by atoms with Crippen molar-refractivity contribution >= 4 is 17.9 Å². The quantitative estimate of drug-likeness (QED) is 0.793. The Morgan fingerprint density at radius 3 is 2.62 bits per heavy atom. The highest BCUT2D eigenvalue weighted by Gasteiger charge is 2.21. The van der Waals surface area contributed by atoms with E-state index < -0.39 is 0 Å². The number of hydrogen-bond acceptors (Lipinski definition) is 5. The summed E-state index contributed by atoms with van der Waals surface area (Å²) in [6, 6.07) is 3.22. The van der Waals surface area contributed by atoms with E-state index in [1.165, 1.54) is 12.0 Å². The second-order valence-corrected chi connectivity index (χ2v) is 5.57. The molecule has 1 heterocycles. The lowest BCUT2D eigenvalue weighted by atomic mass is 10.0. The Morgan fingerprint density at radius 1 is 1.33 bits per heavy atom. The number of ether oxygens (including phenoxy) is 2. The Hall–Kier alpha value is -2.54. The van der Waals surface area contributed by atoms with Crippen LogP contribution in [0.3, 0.4) is 0 Å². The van der Waals surface area contributed by atoms with E-state index in [1.807, 2.05) is 0 Å². The molecule has 0 fully saturated rings. The highest BCUT2D eigenvalue weighted by molar-refractivity contribution is 5.89. The Morgan fingerprint density at radius 2 is 2.00 bits per heavy atom. The minimum absolute atomic E-state index is 0.0953. The van der Waals surface area contributed by atoms with Gasteiger partial charge in [0, 0.05) is 12.2 Å². The first-order chi connectivity index (χ1) is 11.5. The van der Waals surface area contributed by atoms with Gasteiger partial charge in [-0.05, 0) is 36.3 Å². The Balaban J connectivity index is 2.18. The van der Waals surface area contributed by atoms with E-state index in [4.69, 9.17) is 14.6 Å². The van der Waals surface area contributed by atoms with Gasteiger partial charge in [-0.3, -0.25) is 9.59 Å². The highest BCUT2D eigenvalue weighted by atomic mass is 16.5. The molecule has 1 unspecified atom stereocenters. The summed E-state index contributed by atoms with van der Waals surface area (Å²) in [5, 5.41) is 11.6. The van der Waals surface area contributed by atoms with Crippen LogP contribution in [0, 0.1) is 0 Å². The van der Waals surface area contributed by atoms with E-state index in [0.717, 1.165) is 11.1 Å². The minimum atomic E-state index is -0.353. The van der Waals surface area contributed by atoms with Crippen molar-refractivity contribution in [2.75, 3.05) is 27.4 Å². The van der Waals surface area contributed by atoms with Crippen LogP contribution in [0.2, 0.25) is 0 Å². The van der Waals surface area contributed by atoms with Crippen molar-refractivity contribution in [2.24, 2.45) is 0 Å². The summed E-state index contributed by atoms with van der Waals surface area (Å²) < 4.78 is 10.5. The van der Waals surface area contributed by atoms with Crippen molar-refractivity contribution in [3.63, 3.8) is 0 Å². The molecule has 0 bridgehead atoms. The van der Waals surface area contributed by atoms with E-state index in [-0.39, 0.29) is 37.4 Å². The number of amides is 2. The maximum atomic E-state index is 12.4. The number of rotatable bonds is 6. The van der Waals surface area contributed by atoms with Crippen molar-refractivity contribution in [1.29, 1.82) is 0 Å². The number of aliphatic hydroxyl groups is 1. The SMILES string of the molecule is COc1cc2c(cc1OC)CC(=O)N(CC(=O)NC(C)CO)C=C2. The molecule has 1 atom stereocenters. The van der Waals surface area contributed by atoms with Gasteiger partial charge in [0.25, 0.3) is 0 Å². The van der Waals surface area contributed by atoms with Crippen molar-refractivity contribution < 1.29 is 24.2 Å². The number of aliphatic hydroxyl groups excluding tert-OH is 1. The predicted molar refractivity (Wildman–Crippen MR) is 88.7 cm³/mol. The van der Waals surface area contributed by atoms with Gasteiger partial charge in [0.2, 0.25) is 11.8 Å². The van der Waals surface area contributed by atoms with E-state index in [9.17, 15) is 9.59 Å². The molecule has 1 aliphatic heterocycles. The molecule has 1 aliphatic rings. The van der Waals surface area contributed by atoms with Crippen LogP contribution >= 0.6 is 0 Å². The molecule has 0 radical (unpaired) electrons. The first-order valence-electron chi connectivity index (χ1n) is 7.61. The molecule has 0 saturated heterocycles. The maximum absolute atomic E-state index is 12.4. The zero-order valence-corrected chi connectivity index (χ0v) is 14.0. The van der Waals surface area contributed by atoms with Crippen molar-refractivity contribution in [2.45, 2.75) is 19.4 Å². The van der Waals surface area contributed by atoms with E-state index in [0.29, 0.717) is 11.5 Å². The van der Waals surface area contributed by atoms with Gasteiger partial charge in [0.15, 0.2) is 11.5 Å². The number of carbonyl (C=O) groups is 2. The van der Waals surface area contributed by atoms with Gasteiger partial charge < -0.3 is 24.8 Å². The van der Waals surface area contributed by atoms with Crippen LogP contribution in [-0.2, 0) is 16.0 Å². The Labute approximate surface area is 140 Å². The molecule has 0 spiro atoms. The summed E-state index contributed by atoms with van der Waals surface area (Å²) in [5.41, 5.74) is 1.65. The number of benzene rings is 1. The van der Waals surface area contributed by atoms with Gasteiger partial charge in [0.1, 0.15) is 6.54 Å². The molecule has 0 aromatic heterocycles. The largest absolute Gasteiger partial charge is 0.493 e. The first-order valence-corrected chi connectivity index (χ1v) is 7.61. The van der Waals surface area contributed by atoms with Crippen LogP contribution < -0.4 is 14.8 Å². The first kappa shape index (κ1) is 17.8. The molecular formula is C17H22N2O5. The molecule has 24 heavy (non-hydrogen) atoms. The number of nitrogens with zero attached hydrogens (tertiary/aromatic N) is 1. The lowest BCUT2D eigenvalue weighted by Gasteiger charge is -2.18. The average Bonchev–Trinajstić information content (AvgIpc) is 2.72. The van der Waals surface area contributed by atoms with E-state index >= 15 is 0 Å². The van der Waals surface area contributed by atoms with Gasteiger partial charge >= 0.3 is 0 Å². The molecule has 1 aromatic carbocycles. The van der Waals surface area contributed by atoms with Gasteiger partial charge in [-0.2, -0.15) is 0 Å². The zero-order valence-electron chi connectivity index (χ0n) is 14.0. The third-order valence-electron chi connectivity index (χ3n) is 3.74. The van der Waals surface area contributed by atoms with Crippen LogP contribution in [0.4, 0.5) is 0 Å². The lowest BCUT2D eigenvalue weighted by Crippen LogP contribution is -2.42. The van der Waals surface area contributed by atoms with Gasteiger partial charge in [-0.1, -0.05) is 0 Å². The van der Waals surface area contributed by atoms with Crippen LogP contribution in [0.25, 0.3) is 6.08 Å². The summed E-state index contributed by atoms with van der Waals surface area (Å²) in [4.78, 5) is 25.7. The van der Waals surface area contributed by atoms with Crippen LogP contribution in [0.1, 0.15) is 18.1 Å². The summed E-state index contributed by atoms with van der Waals surface area (Å²) in [5.74, 6) is 0.622. The molecule has 2 N–H and O–H groups in total. The standard InChI is InChI=1S/C17H22N2O5/c1-11(10-20)18-16(21)9-19-5-4-12-6-14(23-2)15(24-3)7-13(12)8-17(19)22/h4-7,11,20H,8-10H2,1-3H3,(H,18,21). The number of methoxy groups -OCH3 is 2. The fourth-order valence-corrected chi connectivity index (χ4v) is 2.42. The van der Waals surface area contributed by atoms with Gasteiger partial charge in [0.05, 0.1) is 27.2 Å². The third kappa shape index (κ3) is 4.05. The summed E-state index contributed by atoms with van der Waals surface area (Å²) in [7, 11) is 3.09. The molecule has 1 aromatic rings. The van der Waals surface area contributed by atoms with Crippen molar-refractivity contribution in [1.82, 2.24) is 10.2 Å². The fraction of sp³-hybridized carbons (Fsp3) is 0.412. The number of nitrogens with one attached hydrogen (secondary N) is 1. The Kier molecular flexibility index (Phi) is 5.81. The van der Waals surface area contributed by atoms with Gasteiger partial charge in [-0.25, -0.2) is 0 Å². The second-order valence-electron chi connectivity index (χ2n) is 5.57. The fourth-order valence-electron chi connectivity index (χ4n) is 2.42. The van der Waals surface area contributed by atoms with Crippen LogP contribution in [-0.4, -0.2) is 55.2 Å². The number of hydrogen-bond donors (Lipinski definition) is 2. The molecule has 7 nitrogen and oxygen atoms in total.